The fourth-order valence-electron chi connectivity index (χ4n) is 2.07. The van der Waals surface area contributed by atoms with Crippen LogP contribution in [0.15, 0.2) is 35.4 Å². The van der Waals surface area contributed by atoms with Crippen molar-refractivity contribution in [2.75, 3.05) is 5.75 Å². The third kappa shape index (κ3) is 3.79. The van der Waals surface area contributed by atoms with Gasteiger partial charge in [-0.1, -0.05) is 18.2 Å². The number of rotatable bonds is 4. The second-order valence-corrected chi connectivity index (χ2v) is 5.79. The third-order valence-electron chi connectivity index (χ3n) is 3.04. The molecule has 0 spiro atoms. The number of benzene rings is 1. The first-order valence-electron chi connectivity index (χ1n) is 6.34. The molecule has 21 heavy (non-hydrogen) atoms. The molecule has 1 atom stereocenters. The van der Waals surface area contributed by atoms with Crippen LogP contribution < -0.4 is 5.73 Å². The van der Waals surface area contributed by atoms with Gasteiger partial charge in [-0.15, -0.1) is 11.8 Å². The summed E-state index contributed by atoms with van der Waals surface area (Å²) in [5.41, 5.74) is 6.27. The van der Waals surface area contributed by atoms with Crippen molar-refractivity contribution in [2.24, 2.45) is 12.8 Å². The van der Waals surface area contributed by atoms with Crippen molar-refractivity contribution in [1.82, 2.24) is 9.78 Å². The van der Waals surface area contributed by atoms with Crippen LogP contribution in [0.2, 0.25) is 0 Å². The lowest BCUT2D eigenvalue weighted by Crippen LogP contribution is -2.19. The topological polar surface area (TPSA) is 43.8 Å². The Hall–Kier alpha value is -1.47. The van der Waals surface area contributed by atoms with E-state index in [9.17, 15) is 13.2 Å². The van der Waals surface area contributed by atoms with Gasteiger partial charge < -0.3 is 5.73 Å². The molecule has 2 N–H and O–H groups in total. The Morgan fingerprint density at radius 1 is 1.33 bits per heavy atom. The Bertz CT molecular complexity index is 622. The molecule has 3 nitrogen and oxygen atoms in total. The number of aryl methyl sites for hydroxylation is 2. The summed E-state index contributed by atoms with van der Waals surface area (Å²) in [6.45, 7) is 1.86. The predicted molar refractivity (Wildman–Crippen MR) is 77.0 cm³/mol. The van der Waals surface area contributed by atoms with Gasteiger partial charge in [-0.2, -0.15) is 18.3 Å². The highest BCUT2D eigenvalue weighted by atomic mass is 32.2. The number of thioether (sulfide) groups is 1. The largest absolute Gasteiger partial charge is 0.416 e. The maximum atomic E-state index is 13.0. The number of nitrogens with zero attached hydrogens (tertiary/aromatic N) is 2. The van der Waals surface area contributed by atoms with Crippen molar-refractivity contribution in [3.05, 3.63) is 47.2 Å². The Morgan fingerprint density at radius 3 is 2.57 bits per heavy atom. The average molecular weight is 315 g/mol. The van der Waals surface area contributed by atoms with E-state index in [0.717, 1.165) is 16.8 Å². The number of nitrogens with two attached hydrogens (primary N) is 1. The molecule has 114 valence electrons. The lowest BCUT2D eigenvalue weighted by Gasteiger charge is -2.17. The van der Waals surface area contributed by atoms with Crippen LogP contribution in [-0.2, 0) is 13.2 Å². The fraction of sp³-hybridized carbons (Fsp3) is 0.357. The normalized spacial score (nSPS) is 13.4. The van der Waals surface area contributed by atoms with Crippen LogP contribution in [0.3, 0.4) is 0 Å². The van der Waals surface area contributed by atoms with Gasteiger partial charge in [0.2, 0.25) is 0 Å². The minimum absolute atomic E-state index is 0.122. The van der Waals surface area contributed by atoms with Gasteiger partial charge in [-0.3, -0.25) is 4.68 Å². The first kappa shape index (κ1) is 15.9. The van der Waals surface area contributed by atoms with Gasteiger partial charge in [0.25, 0.3) is 0 Å². The van der Waals surface area contributed by atoms with Gasteiger partial charge in [0.1, 0.15) is 0 Å². The average Bonchev–Trinajstić information content (AvgIpc) is 2.73. The third-order valence-corrected chi connectivity index (χ3v) is 4.24. The van der Waals surface area contributed by atoms with E-state index < -0.39 is 17.8 Å². The van der Waals surface area contributed by atoms with Crippen molar-refractivity contribution < 1.29 is 13.2 Å². The second-order valence-electron chi connectivity index (χ2n) is 4.75. The SMILES string of the molecule is Cc1cc(SCC(N)c2ccccc2C(F)(F)F)n(C)n1. The molecule has 1 aromatic heterocycles. The van der Waals surface area contributed by atoms with Crippen LogP contribution in [0.1, 0.15) is 22.9 Å². The smallest absolute Gasteiger partial charge is 0.323 e. The molecule has 1 unspecified atom stereocenters. The minimum Gasteiger partial charge on any atom is -0.323 e. The Kier molecular flexibility index (Phi) is 4.63. The lowest BCUT2D eigenvalue weighted by molar-refractivity contribution is -0.138. The highest BCUT2D eigenvalue weighted by molar-refractivity contribution is 7.99. The van der Waals surface area contributed by atoms with E-state index in [2.05, 4.69) is 5.10 Å². The lowest BCUT2D eigenvalue weighted by atomic mass is 10.0. The molecule has 0 bridgehead atoms. The highest BCUT2D eigenvalue weighted by Crippen LogP contribution is 2.35. The summed E-state index contributed by atoms with van der Waals surface area (Å²) in [4.78, 5) is 0. The van der Waals surface area contributed by atoms with Crippen molar-refractivity contribution in [2.45, 2.75) is 24.2 Å². The number of hydrogen-bond acceptors (Lipinski definition) is 3. The van der Waals surface area contributed by atoms with Crippen LogP contribution in [0, 0.1) is 6.92 Å². The molecule has 0 fully saturated rings. The standard InChI is InChI=1S/C14H16F3N3S/c1-9-7-13(20(2)19-9)21-8-12(18)10-5-3-4-6-11(10)14(15,16)17/h3-7,12H,8,18H2,1-2H3. The summed E-state index contributed by atoms with van der Waals surface area (Å²) in [5, 5.41) is 5.08. The molecule has 1 heterocycles. The molecule has 2 aromatic rings. The van der Waals surface area contributed by atoms with Gasteiger partial charge >= 0.3 is 6.18 Å². The first-order valence-corrected chi connectivity index (χ1v) is 7.32. The minimum atomic E-state index is -4.39. The molecule has 0 radical (unpaired) electrons. The van der Waals surface area contributed by atoms with Gasteiger partial charge in [0.15, 0.2) is 0 Å². The van der Waals surface area contributed by atoms with Crippen molar-refractivity contribution in [1.29, 1.82) is 0 Å². The summed E-state index contributed by atoms with van der Waals surface area (Å²) < 4.78 is 40.6. The van der Waals surface area contributed by atoms with Crippen LogP contribution in [0.4, 0.5) is 13.2 Å². The van der Waals surface area contributed by atoms with Crippen LogP contribution in [0.25, 0.3) is 0 Å². The van der Waals surface area contributed by atoms with Gasteiger partial charge in [-0.25, -0.2) is 0 Å². The number of halogens is 3. The molecule has 0 saturated carbocycles. The quantitative estimate of drug-likeness (QED) is 0.878. The van der Waals surface area contributed by atoms with Crippen molar-refractivity contribution >= 4 is 11.8 Å². The molecule has 7 heteroatoms. The zero-order valence-corrected chi connectivity index (χ0v) is 12.5. The zero-order chi connectivity index (χ0) is 15.6. The molecule has 0 saturated heterocycles. The Balaban J connectivity index is 2.14. The summed E-state index contributed by atoms with van der Waals surface area (Å²) >= 11 is 1.40. The predicted octanol–water partition coefficient (Wildman–Crippen LogP) is 3.54. The van der Waals surface area contributed by atoms with Crippen LogP contribution >= 0.6 is 11.8 Å². The van der Waals surface area contributed by atoms with E-state index in [1.54, 1.807) is 17.8 Å². The van der Waals surface area contributed by atoms with Crippen molar-refractivity contribution in [3.8, 4) is 0 Å². The maximum Gasteiger partial charge on any atom is 0.416 e. The molecule has 0 aliphatic heterocycles. The van der Waals surface area contributed by atoms with Gasteiger partial charge in [0, 0.05) is 18.8 Å². The van der Waals surface area contributed by atoms with E-state index in [1.807, 2.05) is 13.0 Å². The Labute approximate surface area is 125 Å². The molecular formula is C14H16F3N3S. The number of hydrogen-bond donors (Lipinski definition) is 1. The van der Waals surface area contributed by atoms with E-state index >= 15 is 0 Å². The van der Waals surface area contributed by atoms with Crippen LogP contribution in [0.5, 0.6) is 0 Å². The van der Waals surface area contributed by atoms with E-state index in [1.165, 1.54) is 23.9 Å². The molecule has 0 aliphatic carbocycles. The molecule has 0 amide bonds. The van der Waals surface area contributed by atoms with Gasteiger partial charge in [0.05, 0.1) is 16.3 Å². The Morgan fingerprint density at radius 2 is 2.00 bits per heavy atom. The summed E-state index contributed by atoms with van der Waals surface area (Å²) in [6, 6.07) is 6.63. The zero-order valence-electron chi connectivity index (χ0n) is 11.7. The highest BCUT2D eigenvalue weighted by Gasteiger charge is 2.34. The molecular weight excluding hydrogens is 299 g/mol. The fourth-order valence-corrected chi connectivity index (χ4v) is 3.08. The number of alkyl halides is 3. The second kappa shape index (κ2) is 6.11. The summed E-state index contributed by atoms with van der Waals surface area (Å²) in [7, 11) is 1.80. The summed E-state index contributed by atoms with van der Waals surface area (Å²) in [5.74, 6) is 0.353. The van der Waals surface area contributed by atoms with Crippen molar-refractivity contribution in [3.63, 3.8) is 0 Å². The first-order chi connectivity index (χ1) is 9.79. The van der Waals surface area contributed by atoms with E-state index in [4.69, 9.17) is 5.73 Å². The van der Waals surface area contributed by atoms with Gasteiger partial charge in [-0.05, 0) is 24.6 Å². The molecule has 1 aromatic carbocycles. The van der Waals surface area contributed by atoms with Crippen LogP contribution in [-0.4, -0.2) is 15.5 Å². The number of aromatic nitrogens is 2. The summed E-state index contributed by atoms with van der Waals surface area (Å²) in [6.07, 6.45) is -4.39. The van der Waals surface area contributed by atoms with E-state index in [-0.39, 0.29) is 5.56 Å². The molecule has 0 aliphatic rings. The van der Waals surface area contributed by atoms with E-state index in [0.29, 0.717) is 5.75 Å². The monoisotopic (exact) mass is 315 g/mol. The maximum absolute atomic E-state index is 13.0. The molecule has 2 rings (SSSR count).